The van der Waals surface area contributed by atoms with Gasteiger partial charge in [-0.25, -0.2) is 0 Å². The van der Waals surface area contributed by atoms with E-state index in [1.165, 1.54) is 11.8 Å². The third kappa shape index (κ3) is 5.05. The summed E-state index contributed by atoms with van der Waals surface area (Å²) in [5, 5.41) is 12.0. The number of carbonyl (C=O) groups is 1. The highest BCUT2D eigenvalue weighted by molar-refractivity contribution is 7.99. The number of ether oxygens (including phenoxy) is 3. The number of nitrogens with one attached hydrogen (secondary N) is 1. The van der Waals surface area contributed by atoms with Crippen LogP contribution in [0.4, 0.5) is 0 Å². The van der Waals surface area contributed by atoms with Gasteiger partial charge in [0.25, 0.3) is 0 Å². The molecule has 1 aliphatic rings. The molecule has 28 heavy (non-hydrogen) atoms. The van der Waals surface area contributed by atoms with E-state index in [2.05, 4.69) is 22.1 Å². The lowest BCUT2D eigenvalue weighted by atomic mass is 10.2. The molecule has 0 bridgehead atoms. The third-order valence-electron chi connectivity index (χ3n) is 4.03. The van der Waals surface area contributed by atoms with Gasteiger partial charge in [0.2, 0.25) is 5.91 Å². The fraction of sp³-hybridized carbons (Fsp3) is 0.421. The average Bonchev–Trinajstić information content (AvgIpc) is 3.12. The van der Waals surface area contributed by atoms with Gasteiger partial charge in [-0.2, -0.15) is 0 Å². The van der Waals surface area contributed by atoms with Crippen molar-refractivity contribution in [3.63, 3.8) is 0 Å². The Kier molecular flexibility index (Phi) is 7.32. The maximum Gasteiger partial charge on any atom is 0.230 e. The second-order valence-electron chi connectivity index (χ2n) is 6.09. The lowest BCUT2D eigenvalue weighted by Gasteiger charge is -2.26. The third-order valence-corrected chi connectivity index (χ3v) is 5.00. The minimum Gasteiger partial charge on any atom is -0.485 e. The van der Waals surface area contributed by atoms with E-state index in [4.69, 9.17) is 14.2 Å². The number of thioether (sulfide) groups is 1. The van der Waals surface area contributed by atoms with Crippen molar-refractivity contribution >= 4 is 17.7 Å². The zero-order valence-electron chi connectivity index (χ0n) is 15.8. The monoisotopic (exact) mass is 404 g/mol. The number of allylic oxidation sites excluding steroid dienone is 1. The summed E-state index contributed by atoms with van der Waals surface area (Å²) in [5.41, 5.74) is 0. The van der Waals surface area contributed by atoms with Crippen LogP contribution in [0.1, 0.15) is 18.3 Å². The van der Waals surface area contributed by atoms with Gasteiger partial charge in [0.15, 0.2) is 28.6 Å². The maximum absolute atomic E-state index is 12.0. The van der Waals surface area contributed by atoms with Gasteiger partial charge in [-0.05, 0) is 18.6 Å². The van der Waals surface area contributed by atoms with E-state index in [0.717, 1.165) is 6.42 Å². The Morgan fingerprint density at radius 3 is 3.04 bits per heavy atom. The number of rotatable bonds is 10. The smallest absolute Gasteiger partial charge is 0.230 e. The molecule has 1 N–H and O–H groups in total. The van der Waals surface area contributed by atoms with Crippen LogP contribution in [0.3, 0.4) is 0 Å². The van der Waals surface area contributed by atoms with Gasteiger partial charge in [0, 0.05) is 26.8 Å². The van der Waals surface area contributed by atoms with Crippen LogP contribution in [-0.4, -0.2) is 53.3 Å². The number of nitrogens with zero attached hydrogens (tertiary/aromatic N) is 3. The quantitative estimate of drug-likeness (QED) is 0.369. The standard InChI is InChI=1S/C19H24N4O4S/c1-3-10-23-18(16-12-26-14-7-4-5-8-15(14)27-16)21-22-19(23)28-13-17(24)20-9-6-11-25-2/h3-5,7-8,16H,1,6,9-13H2,2H3,(H,20,24)/t16-/m0/s1. The molecule has 1 aromatic heterocycles. The number of carbonyl (C=O) groups excluding carboxylic acids is 1. The highest BCUT2D eigenvalue weighted by Gasteiger charge is 2.28. The molecule has 2 heterocycles. The first-order valence-corrected chi connectivity index (χ1v) is 10.0. The van der Waals surface area contributed by atoms with E-state index in [1.54, 1.807) is 13.2 Å². The van der Waals surface area contributed by atoms with Crippen molar-refractivity contribution < 1.29 is 19.0 Å². The first-order chi connectivity index (χ1) is 13.7. The molecule has 3 rings (SSSR count). The van der Waals surface area contributed by atoms with Crippen LogP contribution in [0.15, 0.2) is 42.1 Å². The van der Waals surface area contributed by atoms with Crippen molar-refractivity contribution in [1.82, 2.24) is 20.1 Å². The second-order valence-corrected chi connectivity index (χ2v) is 7.03. The number of hydrogen-bond acceptors (Lipinski definition) is 7. The predicted octanol–water partition coefficient (Wildman–Crippen LogP) is 2.22. The van der Waals surface area contributed by atoms with E-state index >= 15 is 0 Å². The molecule has 1 atom stereocenters. The Bertz CT molecular complexity index is 811. The number of hydrogen-bond donors (Lipinski definition) is 1. The van der Waals surface area contributed by atoms with Crippen molar-refractivity contribution in [2.24, 2.45) is 0 Å². The minimum atomic E-state index is -0.375. The summed E-state index contributed by atoms with van der Waals surface area (Å²) in [4.78, 5) is 12.0. The second kappa shape index (κ2) is 10.1. The highest BCUT2D eigenvalue weighted by atomic mass is 32.2. The van der Waals surface area contributed by atoms with Crippen LogP contribution in [0.25, 0.3) is 0 Å². The molecule has 0 fully saturated rings. The molecule has 0 saturated heterocycles. The molecule has 8 nitrogen and oxygen atoms in total. The molecule has 1 aromatic carbocycles. The topological polar surface area (TPSA) is 87.5 Å². The van der Waals surface area contributed by atoms with Gasteiger partial charge < -0.3 is 19.5 Å². The zero-order chi connectivity index (χ0) is 19.8. The average molecular weight is 404 g/mol. The predicted molar refractivity (Wildman–Crippen MR) is 106 cm³/mol. The SMILES string of the molecule is C=CCn1c(SCC(=O)NCCCOC)nnc1[C@@H]1COc2ccccc2O1. The van der Waals surface area contributed by atoms with Crippen molar-refractivity contribution in [1.29, 1.82) is 0 Å². The molecular weight excluding hydrogens is 380 g/mol. The van der Waals surface area contributed by atoms with Gasteiger partial charge in [0.05, 0.1) is 5.75 Å². The Balaban J connectivity index is 1.64. The minimum absolute atomic E-state index is 0.0537. The Labute approximate surface area is 168 Å². The maximum atomic E-state index is 12.0. The summed E-state index contributed by atoms with van der Waals surface area (Å²) in [6.07, 6.45) is 2.17. The van der Waals surface area contributed by atoms with Crippen LogP contribution in [0.2, 0.25) is 0 Å². The summed E-state index contributed by atoms with van der Waals surface area (Å²) in [6, 6.07) is 7.52. The molecule has 2 aromatic rings. The van der Waals surface area contributed by atoms with Crippen LogP contribution in [-0.2, 0) is 16.1 Å². The first kappa shape index (κ1) is 20.2. The summed E-state index contributed by atoms with van der Waals surface area (Å²) in [7, 11) is 1.64. The van der Waals surface area contributed by atoms with Gasteiger partial charge in [0.1, 0.15) is 6.61 Å². The van der Waals surface area contributed by atoms with E-state index in [0.29, 0.717) is 48.8 Å². The summed E-state index contributed by atoms with van der Waals surface area (Å²) < 4.78 is 18.7. The van der Waals surface area contributed by atoms with E-state index in [-0.39, 0.29) is 17.8 Å². The van der Waals surface area contributed by atoms with E-state index < -0.39 is 0 Å². The molecule has 1 amide bonds. The molecule has 1 aliphatic heterocycles. The van der Waals surface area contributed by atoms with Gasteiger partial charge in [-0.3, -0.25) is 9.36 Å². The molecule has 0 spiro atoms. The molecule has 0 radical (unpaired) electrons. The van der Waals surface area contributed by atoms with E-state index in [1.807, 2.05) is 28.8 Å². The van der Waals surface area contributed by atoms with Crippen molar-refractivity contribution in [3.05, 3.63) is 42.7 Å². The largest absolute Gasteiger partial charge is 0.485 e. The van der Waals surface area contributed by atoms with Gasteiger partial charge in [-0.15, -0.1) is 16.8 Å². The van der Waals surface area contributed by atoms with Crippen molar-refractivity contribution in [2.75, 3.05) is 32.6 Å². The fourth-order valence-corrected chi connectivity index (χ4v) is 3.50. The molecule has 0 saturated carbocycles. The molecular formula is C19H24N4O4S. The number of methoxy groups -OCH3 is 1. The number of aromatic nitrogens is 3. The summed E-state index contributed by atoms with van der Waals surface area (Å²) >= 11 is 1.33. The van der Waals surface area contributed by atoms with E-state index in [9.17, 15) is 4.79 Å². The number of fused-ring (bicyclic) bond motifs is 1. The molecule has 0 unspecified atom stereocenters. The normalized spacial score (nSPS) is 15.2. The van der Waals surface area contributed by atoms with Crippen LogP contribution >= 0.6 is 11.8 Å². The Morgan fingerprint density at radius 2 is 2.25 bits per heavy atom. The van der Waals surface area contributed by atoms with Crippen LogP contribution in [0.5, 0.6) is 11.5 Å². The number of amides is 1. The van der Waals surface area contributed by atoms with Crippen molar-refractivity contribution in [3.8, 4) is 11.5 Å². The van der Waals surface area contributed by atoms with Crippen LogP contribution < -0.4 is 14.8 Å². The first-order valence-electron chi connectivity index (χ1n) is 9.04. The number of benzene rings is 1. The van der Waals surface area contributed by atoms with Gasteiger partial charge >= 0.3 is 0 Å². The zero-order valence-corrected chi connectivity index (χ0v) is 16.6. The Morgan fingerprint density at radius 1 is 1.43 bits per heavy atom. The van der Waals surface area contributed by atoms with Crippen molar-refractivity contribution in [2.45, 2.75) is 24.2 Å². The fourth-order valence-electron chi connectivity index (χ4n) is 2.72. The van der Waals surface area contributed by atoms with Crippen LogP contribution in [0, 0.1) is 0 Å². The molecule has 9 heteroatoms. The molecule has 150 valence electrons. The van der Waals surface area contributed by atoms with Gasteiger partial charge in [-0.1, -0.05) is 30.0 Å². The summed E-state index contributed by atoms with van der Waals surface area (Å²) in [5.74, 6) is 2.25. The lowest BCUT2D eigenvalue weighted by molar-refractivity contribution is -0.118. The Hall–Kier alpha value is -2.52. The highest BCUT2D eigenvalue weighted by Crippen LogP contribution is 2.36. The number of para-hydroxylation sites is 2. The molecule has 0 aliphatic carbocycles. The lowest BCUT2D eigenvalue weighted by Crippen LogP contribution is -2.27. The summed E-state index contributed by atoms with van der Waals surface area (Å²) in [6.45, 7) is 5.87.